The molecule has 0 amide bonds. The summed E-state index contributed by atoms with van der Waals surface area (Å²) in [6.07, 6.45) is 0.545. The van der Waals surface area contributed by atoms with Gasteiger partial charge in [0.15, 0.2) is 5.78 Å². The van der Waals surface area contributed by atoms with Crippen LogP contribution < -0.4 is 0 Å². The van der Waals surface area contributed by atoms with Gasteiger partial charge in [-0.15, -0.1) is 0 Å². The van der Waals surface area contributed by atoms with E-state index in [0.717, 1.165) is 16.7 Å². The molecule has 2 rings (SSSR count). The van der Waals surface area contributed by atoms with E-state index >= 15 is 0 Å². The summed E-state index contributed by atoms with van der Waals surface area (Å²) >= 11 is 0. The fourth-order valence-corrected chi connectivity index (χ4v) is 1.95. The maximum absolute atomic E-state index is 11.9. The summed E-state index contributed by atoms with van der Waals surface area (Å²) in [6.45, 7) is 3.95. The average molecular weight is 224 g/mol. The van der Waals surface area contributed by atoms with Gasteiger partial charge in [-0.3, -0.25) is 4.79 Å². The first-order chi connectivity index (χ1) is 8.22. The van der Waals surface area contributed by atoms with Crippen LogP contribution in [-0.4, -0.2) is 5.78 Å². The van der Waals surface area contributed by atoms with Gasteiger partial charge in [-0.2, -0.15) is 0 Å². The van der Waals surface area contributed by atoms with Crippen molar-refractivity contribution in [2.75, 3.05) is 0 Å². The van der Waals surface area contributed by atoms with Gasteiger partial charge in [0.25, 0.3) is 0 Å². The first kappa shape index (κ1) is 11.6. The van der Waals surface area contributed by atoms with Crippen LogP contribution in [0.2, 0.25) is 0 Å². The summed E-state index contributed by atoms with van der Waals surface area (Å²) < 4.78 is 0. The zero-order valence-electron chi connectivity index (χ0n) is 10.2. The Morgan fingerprint density at radius 2 is 1.76 bits per heavy atom. The molecular formula is C16H16O. The van der Waals surface area contributed by atoms with Gasteiger partial charge in [0.2, 0.25) is 0 Å². The lowest BCUT2D eigenvalue weighted by atomic mass is 9.94. The predicted octanol–water partition coefficient (Wildman–Crippen LogP) is 4.25. The van der Waals surface area contributed by atoms with Crippen molar-refractivity contribution in [2.45, 2.75) is 20.3 Å². The number of Topliss-reactive ketones (excluding diaryl/α,β-unsaturated/α-hetero) is 1. The third-order valence-corrected chi connectivity index (χ3v) is 2.88. The molecule has 0 bridgehead atoms. The third kappa shape index (κ3) is 2.44. The van der Waals surface area contributed by atoms with Crippen molar-refractivity contribution in [3.05, 3.63) is 59.7 Å². The van der Waals surface area contributed by atoms with Crippen molar-refractivity contribution in [3.63, 3.8) is 0 Å². The molecule has 86 valence electrons. The second kappa shape index (κ2) is 4.96. The standard InChI is InChI=1S/C16H16O/c1-3-16(17)14-10-9-12(2)11-15(14)13-7-5-4-6-8-13/h4-11H,3H2,1-2H3. The van der Waals surface area contributed by atoms with Gasteiger partial charge in [-0.25, -0.2) is 0 Å². The van der Waals surface area contributed by atoms with Crippen LogP contribution >= 0.6 is 0 Å². The second-order valence-electron chi connectivity index (χ2n) is 4.19. The molecule has 0 N–H and O–H groups in total. The molecule has 0 aromatic heterocycles. The Kier molecular flexibility index (Phi) is 3.38. The van der Waals surface area contributed by atoms with Crippen LogP contribution in [0.3, 0.4) is 0 Å². The zero-order chi connectivity index (χ0) is 12.3. The van der Waals surface area contributed by atoms with E-state index in [-0.39, 0.29) is 5.78 Å². The summed E-state index contributed by atoms with van der Waals surface area (Å²) in [4.78, 5) is 11.9. The molecule has 0 aliphatic heterocycles. The number of benzene rings is 2. The van der Waals surface area contributed by atoms with E-state index in [2.05, 4.69) is 6.07 Å². The van der Waals surface area contributed by atoms with E-state index in [4.69, 9.17) is 0 Å². The topological polar surface area (TPSA) is 17.1 Å². The van der Waals surface area contributed by atoms with E-state index < -0.39 is 0 Å². The summed E-state index contributed by atoms with van der Waals surface area (Å²) in [5.74, 6) is 0.198. The molecule has 17 heavy (non-hydrogen) atoms. The average Bonchev–Trinajstić information content (AvgIpc) is 2.39. The third-order valence-electron chi connectivity index (χ3n) is 2.88. The zero-order valence-corrected chi connectivity index (χ0v) is 10.2. The van der Waals surface area contributed by atoms with E-state index in [1.165, 1.54) is 5.56 Å². The normalized spacial score (nSPS) is 10.2. The van der Waals surface area contributed by atoms with Crippen molar-refractivity contribution < 1.29 is 4.79 Å². The Morgan fingerprint density at radius 1 is 1.06 bits per heavy atom. The summed E-state index contributed by atoms with van der Waals surface area (Å²) in [7, 11) is 0. The van der Waals surface area contributed by atoms with Gasteiger partial charge >= 0.3 is 0 Å². The largest absolute Gasteiger partial charge is 0.294 e. The minimum atomic E-state index is 0.198. The maximum atomic E-state index is 11.9. The van der Waals surface area contributed by atoms with Crippen molar-refractivity contribution in [3.8, 4) is 11.1 Å². The Morgan fingerprint density at radius 3 is 2.41 bits per heavy atom. The van der Waals surface area contributed by atoms with Crippen LogP contribution in [0.4, 0.5) is 0 Å². The second-order valence-corrected chi connectivity index (χ2v) is 4.19. The summed E-state index contributed by atoms with van der Waals surface area (Å²) in [5.41, 5.74) is 4.14. The van der Waals surface area contributed by atoms with Crippen molar-refractivity contribution >= 4 is 5.78 Å². The fraction of sp³-hybridized carbons (Fsp3) is 0.188. The van der Waals surface area contributed by atoms with E-state index in [1.807, 2.05) is 56.3 Å². The highest BCUT2D eigenvalue weighted by atomic mass is 16.1. The SMILES string of the molecule is CCC(=O)c1ccc(C)cc1-c1ccccc1. The lowest BCUT2D eigenvalue weighted by molar-refractivity contribution is 0.0989. The van der Waals surface area contributed by atoms with Gasteiger partial charge in [-0.05, 0) is 18.1 Å². The molecule has 0 saturated carbocycles. The monoisotopic (exact) mass is 224 g/mol. The van der Waals surface area contributed by atoms with Crippen LogP contribution in [0.25, 0.3) is 11.1 Å². The molecule has 0 saturated heterocycles. The summed E-state index contributed by atoms with van der Waals surface area (Å²) in [5, 5.41) is 0. The minimum Gasteiger partial charge on any atom is -0.294 e. The lowest BCUT2D eigenvalue weighted by Gasteiger charge is -2.09. The quantitative estimate of drug-likeness (QED) is 0.712. The molecule has 0 unspecified atom stereocenters. The fourth-order valence-electron chi connectivity index (χ4n) is 1.95. The highest BCUT2D eigenvalue weighted by Crippen LogP contribution is 2.25. The van der Waals surface area contributed by atoms with E-state index in [9.17, 15) is 4.79 Å². The number of carbonyl (C=O) groups excluding carboxylic acids is 1. The number of aryl methyl sites for hydroxylation is 1. The maximum Gasteiger partial charge on any atom is 0.163 e. The molecule has 0 heterocycles. The molecule has 0 radical (unpaired) electrons. The lowest BCUT2D eigenvalue weighted by Crippen LogP contribution is -2.00. The van der Waals surface area contributed by atoms with Gasteiger partial charge in [0.05, 0.1) is 0 Å². The van der Waals surface area contributed by atoms with Crippen LogP contribution in [0.15, 0.2) is 48.5 Å². The van der Waals surface area contributed by atoms with Crippen molar-refractivity contribution in [1.29, 1.82) is 0 Å². The molecule has 2 aromatic carbocycles. The molecule has 0 atom stereocenters. The molecular weight excluding hydrogens is 208 g/mol. The van der Waals surface area contributed by atoms with E-state index in [0.29, 0.717) is 6.42 Å². The summed E-state index contributed by atoms with van der Waals surface area (Å²) in [6, 6.07) is 16.1. The molecule has 0 fully saturated rings. The van der Waals surface area contributed by atoms with Crippen LogP contribution in [0.1, 0.15) is 29.3 Å². The molecule has 0 aliphatic rings. The van der Waals surface area contributed by atoms with Crippen LogP contribution in [-0.2, 0) is 0 Å². The van der Waals surface area contributed by atoms with Gasteiger partial charge in [0, 0.05) is 12.0 Å². The van der Waals surface area contributed by atoms with Crippen LogP contribution in [0.5, 0.6) is 0 Å². The number of carbonyl (C=O) groups is 1. The number of hydrogen-bond acceptors (Lipinski definition) is 1. The minimum absolute atomic E-state index is 0.198. The van der Waals surface area contributed by atoms with Gasteiger partial charge in [0.1, 0.15) is 0 Å². The molecule has 1 nitrogen and oxygen atoms in total. The molecule has 0 aliphatic carbocycles. The first-order valence-corrected chi connectivity index (χ1v) is 5.91. The molecule has 0 spiro atoms. The van der Waals surface area contributed by atoms with Crippen LogP contribution in [0, 0.1) is 6.92 Å². The Labute approximate surface area is 102 Å². The Hall–Kier alpha value is -1.89. The van der Waals surface area contributed by atoms with Crippen molar-refractivity contribution in [2.24, 2.45) is 0 Å². The molecule has 2 aromatic rings. The number of rotatable bonds is 3. The predicted molar refractivity (Wildman–Crippen MR) is 71.2 cm³/mol. The van der Waals surface area contributed by atoms with E-state index in [1.54, 1.807) is 0 Å². The highest BCUT2D eigenvalue weighted by molar-refractivity contribution is 6.02. The smallest absolute Gasteiger partial charge is 0.163 e. The van der Waals surface area contributed by atoms with Crippen molar-refractivity contribution in [1.82, 2.24) is 0 Å². The highest BCUT2D eigenvalue weighted by Gasteiger charge is 2.10. The Bertz CT molecular complexity index is 526. The number of hydrogen-bond donors (Lipinski definition) is 0. The van der Waals surface area contributed by atoms with Gasteiger partial charge in [-0.1, -0.05) is 61.0 Å². The Balaban J connectivity index is 2.59. The first-order valence-electron chi connectivity index (χ1n) is 5.91. The van der Waals surface area contributed by atoms with Gasteiger partial charge < -0.3 is 0 Å². The molecule has 1 heteroatoms. The number of ketones is 1.